The number of fused-ring (bicyclic) bond motifs is 1. The van der Waals surface area contributed by atoms with Crippen molar-refractivity contribution in [1.82, 2.24) is 4.31 Å². The van der Waals surface area contributed by atoms with Crippen LogP contribution >= 0.6 is 0 Å². The molecule has 1 heterocycles. The van der Waals surface area contributed by atoms with Crippen molar-refractivity contribution in [1.29, 1.82) is 0 Å². The van der Waals surface area contributed by atoms with Gasteiger partial charge in [0.25, 0.3) is 0 Å². The SMILES string of the molecule is CCOc1ccc(NC(=O)/C=C/c2cc(OC)c3c(c2)OCCO3)cc1S(=O)(=O)N(CC)CC. The van der Waals surface area contributed by atoms with Crippen LogP contribution in [0, 0.1) is 0 Å². The largest absolute Gasteiger partial charge is 0.493 e. The van der Waals surface area contributed by atoms with Crippen molar-refractivity contribution in [2.24, 2.45) is 0 Å². The molecule has 0 radical (unpaired) electrons. The molecule has 0 fully saturated rings. The normalized spacial score (nSPS) is 13.2. The Morgan fingerprint density at radius 3 is 2.50 bits per heavy atom. The first-order valence-corrected chi connectivity index (χ1v) is 12.5. The minimum Gasteiger partial charge on any atom is -0.493 e. The lowest BCUT2D eigenvalue weighted by atomic mass is 10.1. The number of anilines is 1. The van der Waals surface area contributed by atoms with Crippen LogP contribution in [0.3, 0.4) is 0 Å². The van der Waals surface area contributed by atoms with E-state index >= 15 is 0 Å². The maximum absolute atomic E-state index is 13.1. The van der Waals surface area contributed by atoms with E-state index in [0.717, 1.165) is 0 Å². The number of ether oxygens (including phenoxy) is 4. The Kier molecular flexibility index (Phi) is 8.41. The highest BCUT2D eigenvalue weighted by Crippen LogP contribution is 2.40. The first kappa shape index (κ1) is 25.4. The summed E-state index contributed by atoms with van der Waals surface area (Å²) in [4.78, 5) is 12.6. The standard InChI is InChI=1S/C24H30N2O7S/c1-5-26(6-2)34(28,29)22-16-18(9-10-19(22)31-7-3)25-23(27)11-8-17-14-20(30-4)24-21(15-17)32-12-13-33-24/h8-11,14-16H,5-7,12-13H2,1-4H3,(H,25,27)/b11-8+. The van der Waals surface area contributed by atoms with Gasteiger partial charge in [0.1, 0.15) is 23.9 Å². The number of benzene rings is 2. The number of carbonyl (C=O) groups excluding carboxylic acids is 1. The topological polar surface area (TPSA) is 103 Å². The van der Waals surface area contributed by atoms with E-state index in [4.69, 9.17) is 18.9 Å². The Bertz CT molecular complexity index is 1140. The fraction of sp³-hybridized carbons (Fsp3) is 0.375. The minimum absolute atomic E-state index is 0.0106. The molecule has 0 bridgehead atoms. The van der Waals surface area contributed by atoms with Crippen molar-refractivity contribution >= 4 is 27.7 Å². The van der Waals surface area contributed by atoms with Crippen LogP contribution in [0.25, 0.3) is 6.08 Å². The number of hydrogen-bond acceptors (Lipinski definition) is 7. The summed E-state index contributed by atoms with van der Waals surface area (Å²) in [5.74, 6) is 1.40. The lowest BCUT2D eigenvalue weighted by Crippen LogP contribution is -2.31. The van der Waals surface area contributed by atoms with Crippen molar-refractivity contribution in [2.75, 3.05) is 45.3 Å². The van der Waals surface area contributed by atoms with Crippen LogP contribution in [0.4, 0.5) is 5.69 Å². The Morgan fingerprint density at radius 2 is 1.82 bits per heavy atom. The van der Waals surface area contributed by atoms with Gasteiger partial charge in [-0.2, -0.15) is 4.31 Å². The molecule has 0 aliphatic carbocycles. The molecule has 9 nitrogen and oxygen atoms in total. The molecular weight excluding hydrogens is 460 g/mol. The van der Waals surface area contributed by atoms with Gasteiger partial charge in [0, 0.05) is 24.9 Å². The number of carbonyl (C=O) groups is 1. The second-order valence-corrected chi connectivity index (χ2v) is 9.16. The molecule has 10 heteroatoms. The molecular formula is C24H30N2O7S. The van der Waals surface area contributed by atoms with E-state index in [0.29, 0.717) is 61.4 Å². The Labute approximate surface area is 200 Å². The van der Waals surface area contributed by atoms with Crippen LogP contribution in [0.1, 0.15) is 26.3 Å². The van der Waals surface area contributed by atoms with Gasteiger partial charge >= 0.3 is 0 Å². The van der Waals surface area contributed by atoms with Crippen LogP contribution < -0.4 is 24.3 Å². The minimum atomic E-state index is -3.78. The molecule has 34 heavy (non-hydrogen) atoms. The van der Waals surface area contributed by atoms with Gasteiger partial charge in [-0.15, -0.1) is 0 Å². The number of sulfonamides is 1. The van der Waals surface area contributed by atoms with E-state index in [1.54, 1.807) is 51.1 Å². The summed E-state index contributed by atoms with van der Waals surface area (Å²) >= 11 is 0. The monoisotopic (exact) mass is 490 g/mol. The Balaban J connectivity index is 1.83. The highest BCUT2D eigenvalue weighted by Gasteiger charge is 2.26. The van der Waals surface area contributed by atoms with Gasteiger partial charge in [-0.25, -0.2) is 8.42 Å². The van der Waals surface area contributed by atoms with Crippen LogP contribution in [-0.2, 0) is 14.8 Å². The van der Waals surface area contributed by atoms with Crippen LogP contribution in [0.2, 0.25) is 0 Å². The predicted molar refractivity (Wildman–Crippen MR) is 129 cm³/mol. The molecule has 1 amide bonds. The highest BCUT2D eigenvalue weighted by molar-refractivity contribution is 7.89. The fourth-order valence-electron chi connectivity index (χ4n) is 3.51. The summed E-state index contributed by atoms with van der Waals surface area (Å²) in [5.41, 5.74) is 1.02. The van der Waals surface area contributed by atoms with Crippen LogP contribution in [0.5, 0.6) is 23.0 Å². The number of hydrogen-bond donors (Lipinski definition) is 1. The molecule has 0 spiro atoms. The molecule has 1 aliphatic heterocycles. The zero-order chi connectivity index (χ0) is 24.7. The summed E-state index contributed by atoms with van der Waals surface area (Å²) < 4.78 is 49.6. The van der Waals surface area contributed by atoms with Crippen molar-refractivity contribution in [3.63, 3.8) is 0 Å². The van der Waals surface area contributed by atoms with E-state index in [2.05, 4.69) is 5.32 Å². The van der Waals surface area contributed by atoms with Crippen molar-refractivity contribution in [3.05, 3.63) is 42.0 Å². The third-order valence-corrected chi connectivity index (χ3v) is 7.18. The van der Waals surface area contributed by atoms with E-state index in [9.17, 15) is 13.2 Å². The second kappa shape index (κ2) is 11.3. The van der Waals surface area contributed by atoms with Crippen molar-refractivity contribution in [2.45, 2.75) is 25.7 Å². The molecule has 0 saturated heterocycles. The number of methoxy groups -OCH3 is 1. The average molecular weight is 491 g/mol. The van der Waals surface area contributed by atoms with E-state index in [1.165, 1.54) is 23.6 Å². The van der Waals surface area contributed by atoms with Crippen LogP contribution in [0.15, 0.2) is 41.3 Å². The molecule has 2 aromatic rings. The van der Waals surface area contributed by atoms with Crippen LogP contribution in [-0.4, -0.2) is 58.7 Å². The first-order chi connectivity index (χ1) is 16.3. The van der Waals surface area contributed by atoms with Gasteiger partial charge in [0.15, 0.2) is 11.5 Å². The molecule has 0 aromatic heterocycles. The van der Waals surface area contributed by atoms with Gasteiger partial charge in [0.05, 0.1) is 13.7 Å². The lowest BCUT2D eigenvalue weighted by molar-refractivity contribution is -0.111. The number of nitrogens with one attached hydrogen (secondary N) is 1. The second-order valence-electron chi connectivity index (χ2n) is 7.25. The lowest BCUT2D eigenvalue weighted by Gasteiger charge is -2.21. The van der Waals surface area contributed by atoms with Gasteiger partial charge in [-0.05, 0) is 48.9 Å². The molecule has 184 valence electrons. The van der Waals surface area contributed by atoms with Crippen molar-refractivity contribution in [3.8, 4) is 23.0 Å². The predicted octanol–water partition coefficient (Wildman–Crippen LogP) is 3.55. The van der Waals surface area contributed by atoms with E-state index < -0.39 is 15.9 Å². The molecule has 0 unspecified atom stereocenters. The van der Waals surface area contributed by atoms with Gasteiger partial charge < -0.3 is 24.3 Å². The summed E-state index contributed by atoms with van der Waals surface area (Å²) in [5, 5.41) is 2.71. The fourth-order valence-corrected chi connectivity index (χ4v) is 5.13. The van der Waals surface area contributed by atoms with E-state index in [1.807, 2.05) is 0 Å². The number of rotatable bonds is 10. The smallest absolute Gasteiger partial charge is 0.248 e. The maximum atomic E-state index is 13.1. The highest BCUT2D eigenvalue weighted by atomic mass is 32.2. The quantitative estimate of drug-likeness (QED) is 0.508. The molecule has 0 saturated carbocycles. The van der Waals surface area contributed by atoms with Gasteiger partial charge in [-0.1, -0.05) is 13.8 Å². The van der Waals surface area contributed by atoms with Crippen molar-refractivity contribution < 1.29 is 32.2 Å². The number of nitrogens with zero attached hydrogens (tertiary/aromatic N) is 1. The van der Waals surface area contributed by atoms with Gasteiger partial charge in [-0.3, -0.25) is 4.79 Å². The maximum Gasteiger partial charge on any atom is 0.248 e. The van der Waals surface area contributed by atoms with Gasteiger partial charge in [0.2, 0.25) is 21.7 Å². The molecule has 1 N–H and O–H groups in total. The Hall–Kier alpha value is -3.24. The summed E-state index contributed by atoms with van der Waals surface area (Å²) in [6.07, 6.45) is 2.96. The third kappa shape index (κ3) is 5.63. The molecule has 1 aliphatic rings. The first-order valence-electron chi connectivity index (χ1n) is 11.1. The molecule has 0 atom stereocenters. The summed E-state index contributed by atoms with van der Waals surface area (Å²) in [6.45, 7) is 7.14. The number of amides is 1. The zero-order valence-electron chi connectivity index (χ0n) is 19.8. The molecule has 3 rings (SSSR count). The third-order valence-electron chi connectivity index (χ3n) is 5.11. The molecule has 2 aromatic carbocycles. The average Bonchev–Trinajstić information content (AvgIpc) is 2.83. The van der Waals surface area contributed by atoms with E-state index in [-0.39, 0.29) is 10.6 Å². The summed E-state index contributed by atoms with van der Waals surface area (Å²) in [6, 6.07) is 8.06. The summed E-state index contributed by atoms with van der Waals surface area (Å²) in [7, 11) is -2.25. The zero-order valence-corrected chi connectivity index (χ0v) is 20.6. The Morgan fingerprint density at radius 1 is 1.09 bits per heavy atom.